The highest BCUT2D eigenvalue weighted by Gasteiger charge is 2.59. The molecule has 3 atom stereocenters. The van der Waals surface area contributed by atoms with Crippen molar-refractivity contribution in [3.63, 3.8) is 0 Å². The lowest BCUT2D eigenvalue weighted by molar-refractivity contribution is 0.155. The molecule has 0 radical (unpaired) electrons. The van der Waals surface area contributed by atoms with E-state index in [-0.39, 0.29) is 5.56 Å². The lowest BCUT2D eigenvalue weighted by Crippen LogP contribution is -2.45. The van der Waals surface area contributed by atoms with Gasteiger partial charge in [0.2, 0.25) is 0 Å². The normalized spacial score (nSPS) is 34.4. The first-order chi connectivity index (χ1) is 9.37. The summed E-state index contributed by atoms with van der Waals surface area (Å²) in [5.74, 6) is 0.835. The van der Waals surface area contributed by atoms with E-state index in [0.717, 1.165) is 18.2 Å². The maximum Gasteiger partial charge on any atom is 0.250 e. The summed E-state index contributed by atoms with van der Waals surface area (Å²) in [4.78, 5) is 11.7. The largest absolute Gasteiger partial charge is 0.380 e. The van der Waals surface area contributed by atoms with Gasteiger partial charge in [-0.2, -0.15) is 0 Å². The summed E-state index contributed by atoms with van der Waals surface area (Å²) in [6, 6.07) is 4.10. The zero-order valence-corrected chi connectivity index (χ0v) is 13.1. The van der Waals surface area contributed by atoms with Crippen LogP contribution in [0.2, 0.25) is 0 Å². The van der Waals surface area contributed by atoms with E-state index in [1.54, 1.807) is 10.6 Å². The van der Waals surface area contributed by atoms with Crippen LogP contribution < -0.4 is 10.9 Å². The first kappa shape index (κ1) is 13.7. The van der Waals surface area contributed by atoms with Crippen LogP contribution in [0.4, 0.5) is 5.69 Å². The average Bonchev–Trinajstić information content (AvgIpc) is 2.87. The van der Waals surface area contributed by atoms with Crippen molar-refractivity contribution in [2.45, 2.75) is 59.5 Å². The second kappa shape index (κ2) is 4.37. The number of fused-ring (bicyclic) bond motifs is 2. The molecule has 20 heavy (non-hydrogen) atoms. The van der Waals surface area contributed by atoms with E-state index in [1.807, 2.05) is 19.2 Å². The number of aryl methyl sites for hydroxylation is 1. The second-order valence-electron chi connectivity index (χ2n) is 7.53. The van der Waals surface area contributed by atoms with Crippen LogP contribution in [0, 0.1) is 16.7 Å². The van der Waals surface area contributed by atoms with Gasteiger partial charge in [-0.1, -0.05) is 20.8 Å². The van der Waals surface area contributed by atoms with Crippen molar-refractivity contribution < 1.29 is 0 Å². The van der Waals surface area contributed by atoms with Gasteiger partial charge in [0.15, 0.2) is 0 Å². The first-order valence-corrected chi connectivity index (χ1v) is 7.84. The van der Waals surface area contributed by atoms with Gasteiger partial charge in [0.1, 0.15) is 0 Å². The Labute approximate surface area is 121 Å². The fourth-order valence-electron chi connectivity index (χ4n) is 4.69. The fourth-order valence-corrected chi connectivity index (χ4v) is 4.69. The number of pyridine rings is 1. The summed E-state index contributed by atoms with van der Waals surface area (Å²) in [6.45, 7) is 9.96. The smallest absolute Gasteiger partial charge is 0.250 e. The molecule has 0 spiro atoms. The Morgan fingerprint density at radius 1 is 1.35 bits per heavy atom. The van der Waals surface area contributed by atoms with Crippen molar-refractivity contribution in [2.24, 2.45) is 16.7 Å². The Morgan fingerprint density at radius 2 is 2.10 bits per heavy atom. The van der Waals surface area contributed by atoms with Crippen molar-refractivity contribution in [1.29, 1.82) is 0 Å². The Bertz CT molecular complexity index is 570. The highest BCUT2D eigenvalue weighted by atomic mass is 16.1. The third kappa shape index (κ3) is 1.90. The summed E-state index contributed by atoms with van der Waals surface area (Å²) in [5.41, 5.74) is 1.90. The molecule has 3 rings (SSSR count). The molecule has 110 valence electrons. The fraction of sp³-hybridized carbons (Fsp3) is 0.706. The molecular weight excluding hydrogens is 248 g/mol. The molecule has 2 fully saturated rings. The van der Waals surface area contributed by atoms with Gasteiger partial charge in [0.05, 0.1) is 5.69 Å². The molecule has 1 aromatic rings. The van der Waals surface area contributed by atoms with Crippen LogP contribution in [0.1, 0.15) is 47.0 Å². The number of aromatic nitrogens is 1. The topological polar surface area (TPSA) is 34.0 Å². The van der Waals surface area contributed by atoms with E-state index in [4.69, 9.17) is 0 Å². The third-order valence-corrected chi connectivity index (χ3v) is 5.90. The minimum absolute atomic E-state index is 0.0801. The molecule has 0 amide bonds. The minimum atomic E-state index is 0.0801. The molecule has 2 aliphatic carbocycles. The van der Waals surface area contributed by atoms with Gasteiger partial charge >= 0.3 is 0 Å². The molecule has 3 unspecified atom stereocenters. The lowest BCUT2D eigenvalue weighted by Gasteiger charge is -2.43. The molecule has 0 aromatic carbocycles. The van der Waals surface area contributed by atoms with E-state index in [2.05, 4.69) is 26.1 Å². The van der Waals surface area contributed by atoms with Crippen molar-refractivity contribution in [3.8, 4) is 0 Å². The van der Waals surface area contributed by atoms with Crippen LogP contribution in [0.15, 0.2) is 23.1 Å². The molecule has 2 bridgehead atoms. The Morgan fingerprint density at radius 3 is 2.70 bits per heavy atom. The van der Waals surface area contributed by atoms with Crippen LogP contribution in [0.3, 0.4) is 0 Å². The van der Waals surface area contributed by atoms with E-state index in [1.165, 1.54) is 19.3 Å². The van der Waals surface area contributed by atoms with E-state index < -0.39 is 0 Å². The molecule has 3 nitrogen and oxygen atoms in total. The number of anilines is 1. The maximum atomic E-state index is 11.7. The molecule has 1 heterocycles. The predicted octanol–water partition coefficient (Wildman–Crippen LogP) is 3.49. The zero-order valence-electron chi connectivity index (χ0n) is 13.1. The van der Waals surface area contributed by atoms with Crippen LogP contribution in [-0.4, -0.2) is 10.6 Å². The standard InChI is InChI=1S/C17H26N2O/c1-5-19-11-13(6-7-14(19)20)18-15-16(2,3)12-8-9-17(15,4)10-12/h6-7,11-12,15,18H,5,8-10H2,1-4H3. The summed E-state index contributed by atoms with van der Waals surface area (Å²) >= 11 is 0. The average molecular weight is 274 g/mol. The molecule has 1 aromatic heterocycles. The predicted molar refractivity (Wildman–Crippen MR) is 83.0 cm³/mol. The number of hydrogen-bond donors (Lipinski definition) is 1. The Balaban J connectivity index is 1.89. The van der Waals surface area contributed by atoms with Gasteiger partial charge in [-0.3, -0.25) is 4.79 Å². The summed E-state index contributed by atoms with van der Waals surface area (Å²) in [7, 11) is 0. The van der Waals surface area contributed by atoms with Crippen LogP contribution in [0.5, 0.6) is 0 Å². The Hall–Kier alpha value is -1.25. The maximum absolute atomic E-state index is 11.7. The SMILES string of the molecule is CCn1cc(NC2C3(C)CCC(C3)C2(C)C)ccc1=O. The first-order valence-electron chi connectivity index (χ1n) is 7.84. The number of hydrogen-bond acceptors (Lipinski definition) is 2. The molecule has 3 heteroatoms. The van der Waals surface area contributed by atoms with Gasteiger partial charge in [0, 0.05) is 24.8 Å². The quantitative estimate of drug-likeness (QED) is 0.915. The number of rotatable bonds is 3. The van der Waals surface area contributed by atoms with E-state index in [9.17, 15) is 4.79 Å². The van der Waals surface area contributed by atoms with Crippen LogP contribution in [0.25, 0.3) is 0 Å². The van der Waals surface area contributed by atoms with Gasteiger partial charge in [0.25, 0.3) is 5.56 Å². The minimum Gasteiger partial charge on any atom is -0.380 e. The second-order valence-corrected chi connectivity index (χ2v) is 7.53. The van der Waals surface area contributed by atoms with Gasteiger partial charge in [-0.25, -0.2) is 0 Å². The summed E-state index contributed by atoms with van der Waals surface area (Å²) in [6.07, 6.45) is 6.00. The van der Waals surface area contributed by atoms with E-state index in [0.29, 0.717) is 16.9 Å². The van der Waals surface area contributed by atoms with Crippen molar-refractivity contribution >= 4 is 5.69 Å². The monoisotopic (exact) mass is 274 g/mol. The van der Waals surface area contributed by atoms with Gasteiger partial charge < -0.3 is 9.88 Å². The van der Waals surface area contributed by atoms with Crippen molar-refractivity contribution in [1.82, 2.24) is 4.57 Å². The van der Waals surface area contributed by atoms with Crippen LogP contribution in [-0.2, 0) is 6.54 Å². The zero-order chi connectivity index (χ0) is 14.5. The highest BCUT2D eigenvalue weighted by molar-refractivity contribution is 5.43. The molecule has 2 saturated carbocycles. The summed E-state index contributed by atoms with van der Waals surface area (Å²) < 4.78 is 1.77. The molecule has 0 aliphatic heterocycles. The molecule has 0 saturated heterocycles. The summed E-state index contributed by atoms with van der Waals surface area (Å²) in [5, 5.41) is 3.75. The lowest BCUT2D eigenvalue weighted by atomic mass is 9.68. The third-order valence-electron chi connectivity index (χ3n) is 5.90. The Kier molecular flexibility index (Phi) is 3.00. The number of nitrogens with one attached hydrogen (secondary N) is 1. The van der Waals surface area contributed by atoms with Crippen molar-refractivity contribution in [2.75, 3.05) is 5.32 Å². The molecular formula is C17H26N2O. The molecule has 2 aliphatic rings. The van der Waals surface area contributed by atoms with Gasteiger partial charge in [-0.05, 0) is 49.0 Å². The number of nitrogens with zero attached hydrogens (tertiary/aromatic N) is 1. The van der Waals surface area contributed by atoms with Crippen molar-refractivity contribution in [3.05, 3.63) is 28.7 Å². The van der Waals surface area contributed by atoms with Gasteiger partial charge in [-0.15, -0.1) is 0 Å². The van der Waals surface area contributed by atoms with E-state index >= 15 is 0 Å². The molecule has 1 N–H and O–H groups in total. The van der Waals surface area contributed by atoms with Crippen LogP contribution >= 0.6 is 0 Å². The highest BCUT2D eigenvalue weighted by Crippen LogP contribution is 2.63.